The molecular formula is C8H9N7. The summed E-state index contributed by atoms with van der Waals surface area (Å²) in [6.45, 7) is 0. The van der Waals surface area contributed by atoms with E-state index >= 15 is 0 Å². The van der Waals surface area contributed by atoms with Gasteiger partial charge >= 0.3 is 0 Å². The van der Waals surface area contributed by atoms with Crippen molar-refractivity contribution < 1.29 is 0 Å². The Morgan fingerprint density at radius 1 is 0.800 bits per heavy atom. The first-order chi connectivity index (χ1) is 7.15. The van der Waals surface area contributed by atoms with Crippen LogP contribution in [0.3, 0.4) is 0 Å². The largest absolute Gasteiger partial charge is 0.384 e. The molecule has 15 heavy (non-hydrogen) atoms. The number of hydrogen-bond acceptors (Lipinski definition) is 7. The number of aromatic nitrogens is 4. The number of hydrogen-bond donors (Lipinski definition) is 3. The second-order valence-electron chi connectivity index (χ2n) is 2.86. The predicted molar refractivity (Wildman–Crippen MR) is 56.3 cm³/mol. The Morgan fingerprint density at radius 2 is 1.60 bits per heavy atom. The van der Waals surface area contributed by atoms with Gasteiger partial charge in [0, 0.05) is 6.07 Å². The standard InChI is InChI=1S/C8H9N7/c9-6-1-4(14-8(11)15-6)5-2-13-7(10)3-12-5/h1-3H,(H2,10,13)(H4,9,11,14,15). The van der Waals surface area contributed by atoms with Crippen LogP contribution in [0.4, 0.5) is 17.6 Å². The highest BCUT2D eigenvalue weighted by molar-refractivity contribution is 5.59. The van der Waals surface area contributed by atoms with Gasteiger partial charge in [-0.1, -0.05) is 0 Å². The molecular weight excluding hydrogens is 194 g/mol. The molecule has 0 unspecified atom stereocenters. The third kappa shape index (κ3) is 1.90. The van der Waals surface area contributed by atoms with E-state index in [2.05, 4.69) is 19.9 Å². The van der Waals surface area contributed by atoms with Crippen LogP contribution in [-0.2, 0) is 0 Å². The summed E-state index contributed by atoms with van der Waals surface area (Å²) in [6.07, 6.45) is 2.93. The lowest BCUT2D eigenvalue weighted by Crippen LogP contribution is -2.01. The molecule has 0 amide bonds. The molecule has 76 valence electrons. The summed E-state index contributed by atoms with van der Waals surface area (Å²) >= 11 is 0. The molecule has 2 aromatic heterocycles. The molecule has 0 aliphatic heterocycles. The monoisotopic (exact) mass is 203 g/mol. The van der Waals surface area contributed by atoms with E-state index in [0.29, 0.717) is 17.2 Å². The van der Waals surface area contributed by atoms with E-state index in [4.69, 9.17) is 17.2 Å². The van der Waals surface area contributed by atoms with Crippen molar-refractivity contribution in [1.82, 2.24) is 19.9 Å². The Balaban J connectivity index is 2.49. The van der Waals surface area contributed by atoms with E-state index in [0.717, 1.165) is 0 Å². The summed E-state index contributed by atoms with van der Waals surface area (Å²) in [5, 5.41) is 0. The lowest BCUT2D eigenvalue weighted by Gasteiger charge is -2.01. The molecule has 2 heterocycles. The van der Waals surface area contributed by atoms with Crippen LogP contribution in [0.25, 0.3) is 11.4 Å². The van der Waals surface area contributed by atoms with Crippen LogP contribution in [0.2, 0.25) is 0 Å². The fourth-order valence-electron chi connectivity index (χ4n) is 1.09. The quantitative estimate of drug-likeness (QED) is 0.579. The van der Waals surface area contributed by atoms with Gasteiger partial charge in [0.2, 0.25) is 5.95 Å². The normalized spacial score (nSPS) is 10.1. The summed E-state index contributed by atoms with van der Waals surface area (Å²) in [5.74, 6) is 0.730. The van der Waals surface area contributed by atoms with Gasteiger partial charge in [-0.15, -0.1) is 0 Å². The fourth-order valence-corrected chi connectivity index (χ4v) is 1.09. The molecule has 2 rings (SSSR count). The van der Waals surface area contributed by atoms with Gasteiger partial charge in [-0.3, -0.25) is 0 Å². The Hall–Kier alpha value is -2.44. The molecule has 2 aromatic rings. The van der Waals surface area contributed by atoms with E-state index in [9.17, 15) is 0 Å². The van der Waals surface area contributed by atoms with Gasteiger partial charge in [0.05, 0.1) is 18.1 Å². The molecule has 0 aliphatic carbocycles. The number of nitrogens with two attached hydrogens (primary N) is 3. The first kappa shape index (κ1) is 9.13. The number of nitrogens with zero attached hydrogens (tertiary/aromatic N) is 4. The number of anilines is 3. The zero-order valence-corrected chi connectivity index (χ0v) is 7.75. The second kappa shape index (κ2) is 3.37. The molecule has 0 saturated carbocycles. The zero-order valence-electron chi connectivity index (χ0n) is 7.75. The minimum atomic E-state index is 0.101. The lowest BCUT2D eigenvalue weighted by atomic mass is 10.3. The average Bonchev–Trinajstić information content (AvgIpc) is 2.17. The summed E-state index contributed by atoms with van der Waals surface area (Å²) in [4.78, 5) is 15.7. The maximum Gasteiger partial charge on any atom is 0.222 e. The summed E-state index contributed by atoms with van der Waals surface area (Å²) in [6, 6.07) is 1.57. The summed E-state index contributed by atoms with van der Waals surface area (Å²) in [5.41, 5.74) is 17.5. The average molecular weight is 203 g/mol. The molecule has 7 heteroatoms. The fraction of sp³-hybridized carbons (Fsp3) is 0. The Labute approximate surface area is 85.4 Å². The minimum absolute atomic E-state index is 0.101. The van der Waals surface area contributed by atoms with Crippen molar-refractivity contribution in [3.05, 3.63) is 18.5 Å². The summed E-state index contributed by atoms with van der Waals surface area (Å²) < 4.78 is 0. The van der Waals surface area contributed by atoms with Crippen molar-refractivity contribution >= 4 is 17.6 Å². The van der Waals surface area contributed by atoms with E-state index in [1.54, 1.807) is 6.07 Å². The summed E-state index contributed by atoms with van der Waals surface area (Å²) in [7, 11) is 0. The van der Waals surface area contributed by atoms with Crippen LogP contribution in [0.1, 0.15) is 0 Å². The number of nitrogen functional groups attached to an aromatic ring is 3. The van der Waals surface area contributed by atoms with E-state index in [1.165, 1.54) is 12.4 Å². The highest BCUT2D eigenvalue weighted by Crippen LogP contribution is 2.16. The van der Waals surface area contributed by atoms with E-state index in [-0.39, 0.29) is 11.8 Å². The van der Waals surface area contributed by atoms with Gasteiger partial charge in [-0.05, 0) is 0 Å². The van der Waals surface area contributed by atoms with E-state index in [1.807, 2.05) is 0 Å². The topological polar surface area (TPSA) is 130 Å². The van der Waals surface area contributed by atoms with Crippen LogP contribution in [-0.4, -0.2) is 19.9 Å². The maximum absolute atomic E-state index is 5.52. The molecule has 0 saturated heterocycles. The van der Waals surface area contributed by atoms with Gasteiger partial charge in [0.15, 0.2) is 0 Å². The van der Waals surface area contributed by atoms with Crippen LogP contribution in [0.15, 0.2) is 18.5 Å². The third-order valence-corrected chi connectivity index (χ3v) is 1.70. The molecule has 0 bridgehead atoms. The van der Waals surface area contributed by atoms with E-state index < -0.39 is 0 Å². The van der Waals surface area contributed by atoms with Crippen LogP contribution < -0.4 is 17.2 Å². The SMILES string of the molecule is Nc1cnc(-c2cc(N)nc(N)n2)cn1. The molecule has 0 fully saturated rings. The van der Waals surface area contributed by atoms with Crippen molar-refractivity contribution in [1.29, 1.82) is 0 Å². The Bertz CT molecular complexity index is 459. The van der Waals surface area contributed by atoms with Gasteiger partial charge < -0.3 is 17.2 Å². The zero-order chi connectivity index (χ0) is 10.8. The highest BCUT2D eigenvalue weighted by Gasteiger charge is 2.04. The van der Waals surface area contributed by atoms with Crippen LogP contribution >= 0.6 is 0 Å². The van der Waals surface area contributed by atoms with Gasteiger partial charge in [-0.25, -0.2) is 15.0 Å². The van der Waals surface area contributed by atoms with Crippen molar-refractivity contribution in [2.24, 2.45) is 0 Å². The maximum atomic E-state index is 5.52. The first-order valence-corrected chi connectivity index (χ1v) is 4.13. The third-order valence-electron chi connectivity index (χ3n) is 1.70. The second-order valence-corrected chi connectivity index (χ2v) is 2.86. The van der Waals surface area contributed by atoms with Crippen molar-refractivity contribution in [3.8, 4) is 11.4 Å². The van der Waals surface area contributed by atoms with Crippen LogP contribution in [0.5, 0.6) is 0 Å². The smallest absolute Gasteiger partial charge is 0.222 e. The molecule has 0 spiro atoms. The van der Waals surface area contributed by atoms with Crippen molar-refractivity contribution in [3.63, 3.8) is 0 Å². The minimum Gasteiger partial charge on any atom is -0.384 e. The molecule has 0 radical (unpaired) electrons. The van der Waals surface area contributed by atoms with Gasteiger partial charge in [0.25, 0.3) is 0 Å². The molecule has 0 aliphatic rings. The molecule has 6 N–H and O–H groups in total. The van der Waals surface area contributed by atoms with Gasteiger partial charge in [0.1, 0.15) is 17.3 Å². The Morgan fingerprint density at radius 3 is 2.20 bits per heavy atom. The van der Waals surface area contributed by atoms with Crippen molar-refractivity contribution in [2.45, 2.75) is 0 Å². The highest BCUT2D eigenvalue weighted by atomic mass is 15.0. The molecule has 0 aromatic carbocycles. The molecule has 0 atom stereocenters. The van der Waals surface area contributed by atoms with Gasteiger partial charge in [-0.2, -0.15) is 4.98 Å². The first-order valence-electron chi connectivity index (χ1n) is 4.13. The van der Waals surface area contributed by atoms with Crippen molar-refractivity contribution in [2.75, 3.05) is 17.2 Å². The number of rotatable bonds is 1. The predicted octanol–water partition coefficient (Wildman–Crippen LogP) is -0.320. The van der Waals surface area contributed by atoms with Crippen LogP contribution in [0, 0.1) is 0 Å². The lowest BCUT2D eigenvalue weighted by molar-refractivity contribution is 1.15. The molecule has 7 nitrogen and oxygen atoms in total. The Kier molecular flexibility index (Phi) is 2.05.